The maximum Gasteiger partial charge on any atom is 0.255 e. The van der Waals surface area contributed by atoms with Crippen LogP contribution in [0.25, 0.3) is 0 Å². The summed E-state index contributed by atoms with van der Waals surface area (Å²) in [4.78, 5) is 25.0. The molecular weight excluding hydrogens is 368 g/mol. The second-order valence-electron chi connectivity index (χ2n) is 7.61. The van der Waals surface area contributed by atoms with Crippen molar-refractivity contribution in [3.8, 4) is 5.75 Å². The van der Waals surface area contributed by atoms with Crippen LogP contribution in [0.1, 0.15) is 47.4 Å². The molecule has 2 N–H and O–H groups in total. The molecule has 1 atom stereocenters. The van der Waals surface area contributed by atoms with Gasteiger partial charge in [0, 0.05) is 30.0 Å². The molecule has 1 unspecified atom stereocenters. The minimum atomic E-state index is -0.253. The standard InChI is InChI=1S/C23H28N2O4/c1-16(2)15-29-20-9-4-7-18(13-20)23(27)25-19-8-3-6-17(12-19)22(26)24-14-21-10-5-11-28-21/h3-4,6-9,12-13,16,21H,5,10-11,14-15H2,1-2H3,(H,24,26)(H,25,27). The Morgan fingerprint density at radius 2 is 1.86 bits per heavy atom. The van der Waals surface area contributed by atoms with Gasteiger partial charge in [0.2, 0.25) is 0 Å². The van der Waals surface area contributed by atoms with Crippen molar-refractivity contribution in [2.75, 3.05) is 25.1 Å². The van der Waals surface area contributed by atoms with Crippen LogP contribution in [-0.4, -0.2) is 37.7 Å². The number of amides is 2. The Bertz CT molecular complexity index is 844. The average molecular weight is 396 g/mol. The van der Waals surface area contributed by atoms with Gasteiger partial charge in [-0.15, -0.1) is 0 Å². The summed E-state index contributed by atoms with van der Waals surface area (Å²) in [5.41, 5.74) is 1.56. The van der Waals surface area contributed by atoms with E-state index in [9.17, 15) is 9.59 Å². The Morgan fingerprint density at radius 3 is 2.59 bits per heavy atom. The molecule has 1 fully saturated rings. The number of carbonyl (C=O) groups is 2. The van der Waals surface area contributed by atoms with Crippen LogP contribution >= 0.6 is 0 Å². The highest BCUT2D eigenvalue weighted by atomic mass is 16.5. The fourth-order valence-electron chi connectivity index (χ4n) is 3.05. The third kappa shape index (κ3) is 6.32. The van der Waals surface area contributed by atoms with E-state index in [-0.39, 0.29) is 17.9 Å². The highest BCUT2D eigenvalue weighted by molar-refractivity contribution is 6.05. The molecule has 0 radical (unpaired) electrons. The maximum absolute atomic E-state index is 12.6. The Morgan fingerprint density at radius 1 is 1.10 bits per heavy atom. The molecule has 0 bridgehead atoms. The number of hydrogen-bond donors (Lipinski definition) is 2. The van der Waals surface area contributed by atoms with Crippen LogP contribution < -0.4 is 15.4 Å². The van der Waals surface area contributed by atoms with E-state index in [1.54, 1.807) is 42.5 Å². The van der Waals surface area contributed by atoms with Gasteiger partial charge in [-0.25, -0.2) is 0 Å². The molecule has 29 heavy (non-hydrogen) atoms. The van der Waals surface area contributed by atoms with Crippen LogP contribution in [-0.2, 0) is 4.74 Å². The third-order valence-electron chi connectivity index (χ3n) is 4.58. The highest BCUT2D eigenvalue weighted by Gasteiger charge is 2.17. The number of nitrogens with one attached hydrogen (secondary N) is 2. The van der Waals surface area contributed by atoms with Gasteiger partial charge in [-0.1, -0.05) is 26.0 Å². The zero-order valence-corrected chi connectivity index (χ0v) is 16.9. The first-order valence-corrected chi connectivity index (χ1v) is 10.1. The summed E-state index contributed by atoms with van der Waals surface area (Å²) in [6, 6.07) is 14.0. The number of carbonyl (C=O) groups excluding carboxylic acids is 2. The SMILES string of the molecule is CC(C)COc1cccc(C(=O)Nc2cccc(C(=O)NCC3CCCO3)c2)c1. The van der Waals surface area contributed by atoms with Gasteiger partial charge in [0.25, 0.3) is 11.8 Å². The summed E-state index contributed by atoms with van der Waals surface area (Å²) >= 11 is 0. The molecule has 1 heterocycles. The lowest BCUT2D eigenvalue weighted by atomic mass is 10.1. The fraction of sp³-hybridized carbons (Fsp3) is 0.391. The van der Waals surface area contributed by atoms with Crippen molar-refractivity contribution >= 4 is 17.5 Å². The van der Waals surface area contributed by atoms with E-state index in [2.05, 4.69) is 24.5 Å². The van der Waals surface area contributed by atoms with E-state index in [1.165, 1.54) is 0 Å². The van der Waals surface area contributed by atoms with Gasteiger partial charge < -0.3 is 20.1 Å². The fourth-order valence-corrected chi connectivity index (χ4v) is 3.05. The van der Waals surface area contributed by atoms with Crippen molar-refractivity contribution in [2.45, 2.75) is 32.8 Å². The molecule has 1 saturated heterocycles. The van der Waals surface area contributed by atoms with E-state index in [4.69, 9.17) is 9.47 Å². The smallest absolute Gasteiger partial charge is 0.255 e. The minimum Gasteiger partial charge on any atom is -0.493 e. The molecule has 0 spiro atoms. The number of rotatable bonds is 8. The van der Waals surface area contributed by atoms with Crippen molar-refractivity contribution in [2.24, 2.45) is 5.92 Å². The van der Waals surface area contributed by atoms with E-state index in [0.29, 0.717) is 41.6 Å². The molecular formula is C23H28N2O4. The zero-order chi connectivity index (χ0) is 20.6. The van der Waals surface area contributed by atoms with Crippen molar-refractivity contribution in [1.29, 1.82) is 0 Å². The summed E-state index contributed by atoms with van der Waals surface area (Å²) in [7, 11) is 0. The monoisotopic (exact) mass is 396 g/mol. The summed E-state index contributed by atoms with van der Waals surface area (Å²) in [6.45, 7) is 5.99. The molecule has 0 aliphatic carbocycles. The number of anilines is 1. The average Bonchev–Trinajstić information content (AvgIpc) is 3.24. The van der Waals surface area contributed by atoms with Gasteiger partial charge in [-0.3, -0.25) is 9.59 Å². The van der Waals surface area contributed by atoms with Crippen LogP contribution in [0, 0.1) is 5.92 Å². The van der Waals surface area contributed by atoms with E-state index in [0.717, 1.165) is 19.4 Å². The Kier molecular flexibility index (Phi) is 7.25. The highest BCUT2D eigenvalue weighted by Crippen LogP contribution is 2.17. The minimum absolute atomic E-state index is 0.0898. The molecule has 1 aliphatic heterocycles. The lowest BCUT2D eigenvalue weighted by Gasteiger charge is -2.12. The van der Waals surface area contributed by atoms with Crippen molar-refractivity contribution in [3.63, 3.8) is 0 Å². The second kappa shape index (κ2) is 10.1. The van der Waals surface area contributed by atoms with Crippen LogP contribution in [0.4, 0.5) is 5.69 Å². The molecule has 154 valence electrons. The quantitative estimate of drug-likeness (QED) is 0.710. The first-order chi connectivity index (χ1) is 14.0. The second-order valence-corrected chi connectivity index (χ2v) is 7.61. The summed E-state index contributed by atoms with van der Waals surface area (Å²) < 4.78 is 11.2. The van der Waals surface area contributed by atoms with Crippen molar-refractivity contribution < 1.29 is 19.1 Å². The van der Waals surface area contributed by atoms with Gasteiger partial charge in [0.1, 0.15) is 5.75 Å². The largest absolute Gasteiger partial charge is 0.493 e. The molecule has 6 nitrogen and oxygen atoms in total. The van der Waals surface area contributed by atoms with Crippen LogP contribution in [0.5, 0.6) is 5.75 Å². The molecule has 1 aliphatic rings. The van der Waals surface area contributed by atoms with E-state index >= 15 is 0 Å². The Hall–Kier alpha value is -2.86. The normalized spacial score (nSPS) is 15.9. The first kappa shape index (κ1) is 20.9. The molecule has 3 rings (SSSR count). The molecule has 0 aromatic heterocycles. The Balaban J connectivity index is 1.59. The van der Waals surface area contributed by atoms with Gasteiger partial charge in [-0.05, 0) is 55.2 Å². The topological polar surface area (TPSA) is 76.7 Å². The van der Waals surface area contributed by atoms with Crippen LogP contribution in [0.3, 0.4) is 0 Å². The lowest BCUT2D eigenvalue weighted by molar-refractivity contribution is 0.0857. The number of benzene rings is 2. The van der Waals surface area contributed by atoms with Crippen LogP contribution in [0.15, 0.2) is 48.5 Å². The van der Waals surface area contributed by atoms with Gasteiger partial charge >= 0.3 is 0 Å². The van der Waals surface area contributed by atoms with Gasteiger partial charge in [0.05, 0.1) is 12.7 Å². The van der Waals surface area contributed by atoms with Crippen LogP contribution in [0.2, 0.25) is 0 Å². The predicted octanol–water partition coefficient (Wildman–Crippen LogP) is 3.88. The van der Waals surface area contributed by atoms with E-state index in [1.807, 2.05) is 6.07 Å². The third-order valence-corrected chi connectivity index (χ3v) is 4.58. The lowest BCUT2D eigenvalue weighted by Crippen LogP contribution is -2.31. The van der Waals surface area contributed by atoms with Gasteiger partial charge in [-0.2, -0.15) is 0 Å². The molecule has 0 saturated carbocycles. The molecule has 6 heteroatoms. The maximum atomic E-state index is 12.6. The summed E-state index contributed by atoms with van der Waals surface area (Å²) in [6.07, 6.45) is 2.09. The molecule has 2 amide bonds. The molecule has 2 aromatic rings. The number of hydrogen-bond acceptors (Lipinski definition) is 4. The van der Waals surface area contributed by atoms with E-state index < -0.39 is 0 Å². The summed E-state index contributed by atoms with van der Waals surface area (Å²) in [5.74, 6) is 0.632. The Labute approximate surface area is 171 Å². The first-order valence-electron chi connectivity index (χ1n) is 10.1. The number of ether oxygens (including phenoxy) is 2. The zero-order valence-electron chi connectivity index (χ0n) is 16.9. The van der Waals surface area contributed by atoms with Crippen molar-refractivity contribution in [3.05, 3.63) is 59.7 Å². The van der Waals surface area contributed by atoms with Gasteiger partial charge in [0.15, 0.2) is 0 Å². The summed E-state index contributed by atoms with van der Waals surface area (Å²) in [5, 5.41) is 5.73. The molecule has 2 aromatic carbocycles. The predicted molar refractivity (Wildman–Crippen MR) is 112 cm³/mol. The van der Waals surface area contributed by atoms with Crippen molar-refractivity contribution in [1.82, 2.24) is 5.32 Å².